The molecule has 0 aliphatic heterocycles. The number of rotatable bonds is 8. The van der Waals surface area contributed by atoms with Crippen molar-refractivity contribution in [1.82, 2.24) is 14.7 Å². The van der Waals surface area contributed by atoms with Gasteiger partial charge in [0.05, 0.1) is 30.3 Å². The van der Waals surface area contributed by atoms with Crippen molar-refractivity contribution in [2.75, 3.05) is 12.4 Å². The van der Waals surface area contributed by atoms with Gasteiger partial charge >= 0.3 is 5.97 Å². The molecule has 186 valence electrons. The molecule has 1 amide bonds. The molecule has 0 atom stereocenters. The molecule has 0 bridgehead atoms. The third-order valence-electron chi connectivity index (χ3n) is 5.73. The number of fused-ring (bicyclic) bond motifs is 2. The quantitative estimate of drug-likeness (QED) is 0.255. The van der Waals surface area contributed by atoms with Crippen molar-refractivity contribution < 1.29 is 23.6 Å². The summed E-state index contributed by atoms with van der Waals surface area (Å²) < 4.78 is 17.4. The molecule has 2 heterocycles. The first kappa shape index (κ1) is 23.7. The number of nitrogens with one attached hydrogen (secondary N) is 1. The Bertz CT molecular complexity index is 1610. The molecule has 10 heteroatoms. The number of hydrogen-bond donors (Lipinski definition) is 1. The van der Waals surface area contributed by atoms with Gasteiger partial charge < -0.3 is 23.9 Å². The minimum atomic E-state index is -0.548. The summed E-state index contributed by atoms with van der Waals surface area (Å²) in [6, 6.07) is 21.2. The van der Waals surface area contributed by atoms with Gasteiger partial charge in [-0.1, -0.05) is 41.6 Å². The SMILES string of the molecule is COc1ccccc1NC(=O)Cc1noc(COC(=O)Cn2c3ccccc3c(=O)c3ccccc32)n1. The van der Waals surface area contributed by atoms with Crippen LogP contribution in [0.2, 0.25) is 0 Å². The van der Waals surface area contributed by atoms with Crippen LogP contribution in [0.1, 0.15) is 11.7 Å². The number of para-hydroxylation sites is 4. The third-order valence-corrected chi connectivity index (χ3v) is 5.73. The van der Waals surface area contributed by atoms with Crippen LogP contribution in [0.4, 0.5) is 5.69 Å². The van der Waals surface area contributed by atoms with Crippen molar-refractivity contribution in [1.29, 1.82) is 0 Å². The van der Waals surface area contributed by atoms with E-state index in [4.69, 9.17) is 14.0 Å². The van der Waals surface area contributed by atoms with Crippen LogP contribution in [0.5, 0.6) is 5.75 Å². The van der Waals surface area contributed by atoms with E-state index in [0.717, 1.165) is 0 Å². The Kier molecular flexibility index (Phi) is 6.62. The van der Waals surface area contributed by atoms with Crippen LogP contribution in [0.25, 0.3) is 21.8 Å². The second kappa shape index (κ2) is 10.3. The first-order chi connectivity index (χ1) is 18.0. The number of esters is 1. The summed E-state index contributed by atoms with van der Waals surface area (Å²) in [5.41, 5.74) is 1.69. The molecule has 5 rings (SSSR count). The highest BCUT2D eigenvalue weighted by molar-refractivity contribution is 5.95. The summed E-state index contributed by atoms with van der Waals surface area (Å²) in [4.78, 5) is 42.1. The van der Waals surface area contributed by atoms with Gasteiger partial charge in [-0.2, -0.15) is 4.98 Å². The van der Waals surface area contributed by atoms with Crippen molar-refractivity contribution in [2.24, 2.45) is 0 Å². The molecule has 0 unspecified atom stereocenters. The second-order valence-corrected chi connectivity index (χ2v) is 8.14. The number of carbonyl (C=O) groups is 2. The van der Waals surface area contributed by atoms with Gasteiger partial charge in [0.25, 0.3) is 5.89 Å². The Morgan fingerprint density at radius 1 is 0.946 bits per heavy atom. The van der Waals surface area contributed by atoms with Crippen molar-refractivity contribution in [3.63, 3.8) is 0 Å². The number of benzene rings is 3. The van der Waals surface area contributed by atoms with Crippen LogP contribution < -0.4 is 15.5 Å². The predicted octanol–water partition coefficient (Wildman–Crippen LogP) is 3.47. The summed E-state index contributed by atoms with van der Waals surface area (Å²) in [6.45, 7) is -0.375. The Balaban J connectivity index is 1.24. The smallest absolute Gasteiger partial charge is 0.326 e. The fourth-order valence-corrected chi connectivity index (χ4v) is 4.07. The number of nitrogens with zero attached hydrogens (tertiary/aromatic N) is 3. The van der Waals surface area contributed by atoms with E-state index < -0.39 is 5.97 Å². The maximum absolute atomic E-state index is 12.9. The van der Waals surface area contributed by atoms with Crippen LogP contribution in [0.15, 0.2) is 82.1 Å². The van der Waals surface area contributed by atoms with Gasteiger partial charge in [-0.15, -0.1) is 0 Å². The van der Waals surface area contributed by atoms with Crippen LogP contribution in [-0.4, -0.2) is 33.7 Å². The lowest BCUT2D eigenvalue weighted by molar-refractivity contribution is -0.146. The predicted molar refractivity (Wildman–Crippen MR) is 135 cm³/mol. The highest BCUT2D eigenvalue weighted by atomic mass is 16.6. The van der Waals surface area contributed by atoms with E-state index in [-0.39, 0.29) is 42.6 Å². The number of ether oxygens (including phenoxy) is 2. The minimum Gasteiger partial charge on any atom is -0.495 e. The molecule has 0 fully saturated rings. The molecule has 37 heavy (non-hydrogen) atoms. The molecule has 3 aromatic carbocycles. The van der Waals surface area contributed by atoms with Crippen molar-refractivity contribution in [2.45, 2.75) is 19.6 Å². The molecule has 0 aliphatic rings. The zero-order valence-electron chi connectivity index (χ0n) is 19.8. The lowest BCUT2D eigenvalue weighted by Crippen LogP contribution is -2.18. The van der Waals surface area contributed by atoms with E-state index in [2.05, 4.69) is 15.5 Å². The van der Waals surface area contributed by atoms with E-state index in [1.165, 1.54) is 7.11 Å². The Hall–Kier alpha value is -4.99. The fraction of sp³-hybridized carbons (Fsp3) is 0.148. The largest absolute Gasteiger partial charge is 0.495 e. The first-order valence-corrected chi connectivity index (χ1v) is 11.4. The van der Waals surface area contributed by atoms with Crippen LogP contribution >= 0.6 is 0 Å². The standard InChI is InChI=1S/C27H22N4O6/c1-35-22-13-7-4-10-19(22)28-24(32)14-23-29-25(37-30-23)16-36-26(33)15-31-20-11-5-2-8-17(20)27(34)18-9-3-6-12-21(18)31/h2-13H,14-16H2,1H3,(H,28,32). The van der Waals surface area contributed by atoms with Gasteiger partial charge in [0, 0.05) is 10.8 Å². The summed E-state index contributed by atoms with van der Waals surface area (Å²) >= 11 is 0. The molecule has 10 nitrogen and oxygen atoms in total. The summed E-state index contributed by atoms with van der Waals surface area (Å²) in [7, 11) is 1.51. The third kappa shape index (κ3) is 5.03. The summed E-state index contributed by atoms with van der Waals surface area (Å²) in [6.07, 6.45) is -0.134. The van der Waals surface area contributed by atoms with Crippen molar-refractivity contribution in [3.8, 4) is 5.75 Å². The monoisotopic (exact) mass is 498 g/mol. The number of pyridine rings is 1. The van der Waals surface area contributed by atoms with Crippen molar-refractivity contribution in [3.05, 3.63) is 94.7 Å². The maximum atomic E-state index is 12.9. The van der Waals surface area contributed by atoms with Gasteiger partial charge in [-0.05, 0) is 36.4 Å². The average Bonchev–Trinajstić information content (AvgIpc) is 3.37. The summed E-state index contributed by atoms with van der Waals surface area (Å²) in [5.74, 6) is -0.169. The average molecular weight is 498 g/mol. The number of methoxy groups -OCH3 is 1. The van der Waals surface area contributed by atoms with Gasteiger partial charge in [-0.3, -0.25) is 14.4 Å². The normalized spacial score (nSPS) is 10.9. The van der Waals surface area contributed by atoms with Crippen LogP contribution in [0.3, 0.4) is 0 Å². The van der Waals surface area contributed by atoms with E-state index in [1.807, 2.05) is 12.1 Å². The molecule has 1 N–H and O–H groups in total. The Morgan fingerprint density at radius 2 is 1.59 bits per heavy atom. The van der Waals surface area contributed by atoms with E-state index in [9.17, 15) is 14.4 Å². The van der Waals surface area contributed by atoms with Gasteiger partial charge in [0.15, 0.2) is 17.9 Å². The molecule has 0 saturated carbocycles. The molecule has 0 saturated heterocycles. The molecule has 0 aliphatic carbocycles. The highest BCUT2D eigenvalue weighted by Gasteiger charge is 2.16. The molecular weight excluding hydrogens is 476 g/mol. The number of amides is 1. The van der Waals surface area contributed by atoms with E-state index in [0.29, 0.717) is 33.2 Å². The first-order valence-electron chi connectivity index (χ1n) is 11.4. The van der Waals surface area contributed by atoms with E-state index >= 15 is 0 Å². The number of anilines is 1. The molecule has 0 radical (unpaired) electrons. The fourth-order valence-electron chi connectivity index (χ4n) is 4.07. The summed E-state index contributed by atoms with van der Waals surface area (Å²) in [5, 5.41) is 7.55. The Morgan fingerprint density at radius 3 is 2.30 bits per heavy atom. The zero-order chi connectivity index (χ0) is 25.8. The van der Waals surface area contributed by atoms with Gasteiger partial charge in [0.2, 0.25) is 5.91 Å². The lowest BCUT2D eigenvalue weighted by atomic mass is 10.1. The lowest BCUT2D eigenvalue weighted by Gasteiger charge is -2.14. The Labute approximate surface area is 210 Å². The molecular formula is C27H22N4O6. The van der Waals surface area contributed by atoms with Gasteiger partial charge in [-0.25, -0.2) is 0 Å². The number of carbonyl (C=O) groups excluding carboxylic acids is 2. The molecule has 5 aromatic rings. The molecule has 0 spiro atoms. The van der Waals surface area contributed by atoms with Gasteiger partial charge in [0.1, 0.15) is 12.3 Å². The van der Waals surface area contributed by atoms with E-state index in [1.54, 1.807) is 65.2 Å². The van der Waals surface area contributed by atoms with Crippen LogP contribution in [-0.2, 0) is 33.9 Å². The maximum Gasteiger partial charge on any atom is 0.326 e. The minimum absolute atomic E-state index is 0.0584. The number of hydrogen-bond acceptors (Lipinski definition) is 8. The number of aromatic nitrogens is 3. The highest BCUT2D eigenvalue weighted by Crippen LogP contribution is 2.23. The van der Waals surface area contributed by atoms with Crippen molar-refractivity contribution >= 4 is 39.4 Å². The zero-order valence-corrected chi connectivity index (χ0v) is 19.8. The molecule has 2 aromatic heterocycles. The second-order valence-electron chi connectivity index (χ2n) is 8.14. The van der Waals surface area contributed by atoms with Crippen LogP contribution in [0, 0.1) is 0 Å². The topological polar surface area (TPSA) is 126 Å².